The molecule has 1 N–H and O–H groups in total. The normalized spacial score (nSPS) is 13.9. The van der Waals surface area contributed by atoms with E-state index in [2.05, 4.69) is 25.3 Å². The lowest BCUT2D eigenvalue weighted by atomic mass is 10.2. The van der Waals surface area contributed by atoms with Crippen LogP contribution in [0.4, 0.5) is 5.82 Å². The van der Waals surface area contributed by atoms with Gasteiger partial charge < -0.3 is 14.6 Å². The molecule has 4 rings (SSSR count). The number of ether oxygens (including phenoxy) is 1. The molecule has 8 nitrogen and oxygen atoms in total. The third-order valence-corrected chi connectivity index (χ3v) is 3.91. The van der Waals surface area contributed by atoms with Crippen molar-refractivity contribution >= 4 is 16.7 Å². The molecule has 1 aliphatic carbocycles. The van der Waals surface area contributed by atoms with E-state index in [0.717, 1.165) is 12.8 Å². The molecule has 0 spiro atoms. The minimum Gasteiger partial charge on any atom is -0.480 e. The molecule has 122 valence electrons. The van der Waals surface area contributed by atoms with E-state index in [9.17, 15) is 4.79 Å². The van der Waals surface area contributed by atoms with Gasteiger partial charge in [0.1, 0.15) is 16.9 Å². The predicted molar refractivity (Wildman–Crippen MR) is 89.0 cm³/mol. The van der Waals surface area contributed by atoms with Crippen LogP contribution in [0.5, 0.6) is 5.88 Å². The topological polar surface area (TPSA) is 94.8 Å². The molecule has 0 radical (unpaired) electrons. The predicted octanol–water partition coefficient (Wildman–Crippen LogP) is 1.37. The Hall–Kier alpha value is -3.03. The highest BCUT2D eigenvalue weighted by Crippen LogP contribution is 2.29. The first-order valence-electron chi connectivity index (χ1n) is 7.65. The Bertz CT molecular complexity index is 980. The van der Waals surface area contributed by atoms with E-state index < -0.39 is 0 Å². The van der Waals surface area contributed by atoms with Gasteiger partial charge in [-0.1, -0.05) is 0 Å². The standard InChI is InChI=1S/C16H16N6O2/c1-22-8-18-11-5-10(12-6-17-7-13(20-12)24-2)21-15(14(11)16(22)23)19-9-3-4-9/h5-9H,3-4H2,1-2H3,(H,19,21). The van der Waals surface area contributed by atoms with Crippen LogP contribution in [0.1, 0.15) is 12.8 Å². The van der Waals surface area contributed by atoms with Crippen LogP contribution < -0.4 is 15.6 Å². The second-order valence-corrected chi connectivity index (χ2v) is 5.78. The summed E-state index contributed by atoms with van der Waals surface area (Å²) in [7, 11) is 3.21. The van der Waals surface area contributed by atoms with E-state index in [1.807, 2.05) is 0 Å². The second kappa shape index (κ2) is 5.55. The fraction of sp³-hybridized carbons (Fsp3) is 0.312. The van der Waals surface area contributed by atoms with Gasteiger partial charge in [-0.15, -0.1) is 0 Å². The molecule has 3 aromatic heterocycles. The molecule has 0 unspecified atom stereocenters. The van der Waals surface area contributed by atoms with Crippen LogP contribution in [0.25, 0.3) is 22.3 Å². The monoisotopic (exact) mass is 324 g/mol. The Morgan fingerprint density at radius 3 is 2.83 bits per heavy atom. The van der Waals surface area contributed by atoms with Gasteiger partial charge in [-0.05, 0) is 18.9 Å². The fourth-order valence-electron chi connectivity index (χ4n) is 2.45. The fourth-order valence-corrected chi connectivity index (χ4v) is 2.45. The first-order valence-corrected chi connectivity index (χ1v) is 7.65. The first-order chi connectivity index (χ1) is 11.7. The molecule has 0 bridgehead atoms. The summed E-state index contributed by atoms with van der Waals surface area (Å²) in [5.74, 6) is 0.950. The van der Waals surface area contributed by atoms with Crippen molar-refractivity contribution < 1.29 is 4.74 Å². The lowest BCUT2D eigenvalue weighted by molar-refractivity contribution is 0.396. The number of hydrogen-bond donors (Lipinski definition) is 1. The van der Waals surface area contributed by atoms with E-state index >= 15 is 0 Å². The highest BCUT2D eigenvalue weighted by molar-refractivity contribution is 5.91. The minimum absolute atomic E-state index is 0.126. The Kier molecular flexibility index (Phi) is 3.37. The molecule has 3 heterocycles. The number of aryl methyl sites for hydroxylation is 1. The lowest BCUT2D eigenvalue weighted by Gasteiger charge is -2.11. The van der Waals surface area contributed by atoms with Crippen molar-refractivity contribution in [2.45, 2.75) is 18.9 Å². The van der Waals surface area contributed by atoms with Crippen LogP contribution >= 0.6 is 0 Å². The van der Waals surface area contributed by atoms with E-state index in [1.165, 1.54) is 24.2 Å². The molecule has 0 saturated heterocycles. The number of hydrogen-bond acceptors (Lipinski definition) is 7. The van der Waals surface area contributed by atoms with Gasteiger partial charge >= 0.3 is 0 Å². The van der Waals surface area contributed by atoms with Crippen molar-refractivity contribution in [3.63, 3.8) is 0 Å². The van der Waals surface area contributed by atoms with Crippen molar-refractivity contribution in [1.82, 2.24) is 24.5 Å². The van der Waals surface area contributed by atoms with Gasteiger partial charge in [-0.25, -0.2) is 15.0 Å². The number of nitrogens with zero attached hydrogens (tertiary/aromatic N) is 5. The molecule has 0 aliphatic heterocycles. The summed E-state index contributed by atoms with van der Waals surface area (Å²) in [5, 5.41) is 3.81. The van der Waals surface area contributed by atoms with Crippen LogP contribution in [0.2, 0.25) is 0 Å². The maximum absolute atomic E-state index is 12.5. The highest BCUT2D eigenvalue weighted by Gasteiger charge is 2.24. The molecule has 1 aliphatic rings. The summed E-state index contributed by atoms with van der Waals surface area (Å²) in [5.41, 5.74) is 1.62. The smallest absolute Gasteiger partial charge is 0.264 e. The molecule has 0 amide bonds. The van der Waals surface area contributed by atoms with Gasteiger partial charge in [0.05, 0.1) is 37.0 Å². The Morgan fingerprint density at radius 2 is 2.08 bits per heavy atom. The molecule has 0 aromatic carbocycles. The van der Waals surface area contributed by atoms with Crippen LogP contribution in [-0.2, 0) is 7.05 Å². The third kappa shape index (κ3) is 2.55. The third-order valence-electron chi connectivity index (χ3n) is 3.91. The Morgan fingerprint density at radius 1 is 1.25 bits per heavy atom. The summed E-state index contributed by atoms with van der Waals surface area (Å²) < 4.78 is 6.57. The van der Waals surface area contributed by atoms with Crippen LogP contribution in [0, 0.1) is 0 Å². The molecular weight excluding hydrogens is 308 g/mol. The van der Waals surface area contributed by atoms with Crippen molar-refractivity contribution in [2.24, 2.45) is 7.05 Å². The van der Waals surface area contributed by atoms with Crippen molar-refractivity contribution in [3.8, 4) is 17.3 Å². The van der Waals surface area contributed by atoms with Crippen LogP contribution in [0.3, 0.4) is 0 Å². The zero-order valence-corrected chi connectivity index (χ0v) is 13.4. The molecule has 8 heteroatoms. The minimum atomic E-state index is -0.126. The summed E-state index contributed by atoms with van der Waals surface area (Å²) in [6, 6.07) is 2.11. The maximum atomic E-state index is 12.5. The molecule has 1 fully saturated rings. The first kappa shape index (κ1) is 14.6. The van der Waals surface area contributed by atoms with Crippen LogP contribution in [-0.4, -0.2) is 37.7 Å². The second-order valence-electron chi connectivity index (χ2n) is 5.78. The van der Waals surface area contributed by atoms with Gasteiger partial charge in [0.25, 0.3) is 5.56 Å². The van der Waals surface area contributed by atoms with Gasteiger partial charge in [0.2, 0.25) is 5.88 Å². The van der Waals surface area contributed by atoms with Crippen LogP contribution in [0.15, 0.2) is 29.6 Å². The molecule has 3 aromatic rings. The number of nitrogens with one attached hydrogen (secondary N) is 1. The highest BCUT2D eigenvalue weighted by atomic mass is 16.5. The van der Waals surface area contributed by atoms with E-state index in [1.54, 1.807) is 19.3 Å². The number of fused-ring (bicyclic) bond motifs is 1. The van der Waals surface area contributed by atoms with E-state index in [-0.39, 0.29) is 5.56 Å². The Labute approximate surface area is 137 Å². The summed E-state index contributed by atoms with van der Waals surface area (Å²) in [4.78, 5) is 29.9. The van der Waals surface area contributed by atoms with Crippen molar-refractivity contribution in [1.29, 1.82) is 0 Å². The largest absolute Gasteiger partial charge is 0.480 e. The number of pyridine rings is 1. The SMILES string of the molecule is COc1cncc(-c2cc3ncn(C)c(=O)c3c(NC3CC3)n2)n1. The molecule has 24 heavy (non-hydrogen) atoms. The number of rotatable bonds is 4. The summed E-state index contributed by atoms with van der Waals surface area (Å²) in [6.07, 6.45) is 6.80. The van der Waals surface area contributed by atoms with Gasteiger partial charge in [-0.2, -0.15) is 0 Å². The molecule has 0 atom stereocenters. The summed E-state index contributed by atoms with van der Waals surface area (Å²) >= 11 is 0. The number of methoxy groups -OCH3 is 1. The van der Waals surface area contributed by atoms with Gasteiger partial charge in [0, 0.05) is 13.1 Å². The zero-order chi connectivity index (χ0) is 16.7. The molecular formula is C16H16N6O2. The van der Waals surface area contributed by atoms with Gasteiger partial charge in [0.15, 0.2) is 0 Å². The average molecular weight is 324 g/mol. The molecule has 1 saturated carbocycles. The zero-order valence-electron chi connectivity index (χ0n) is 13.4. The average Bonchev–Trinajstić information content (AvgIpc) is 3.42. The van der Waals surface area contributed by atoms with Crippen molar-refractivity contribution in [2.75, 3.05) is 12.4 Å². The van der Waals surface area contributed by atoms with E-state index in [4.69, 9.17) is 4.74 Å². The maximum Gasteiger partial charge on any atom is 0.264 e. The van der Waals surface area contributed by atoms with E-state index in [0.29, 0.717) is 40.0 Å². The van der Waals surface area contributed by atoms with Gasteiger partial charge in [-0.3, -0.25) is 9.78 Å². The van der Waals surface area contributed by atoms with Crippen molar-refractivity contribution in [3.05, 3.63) is 35.1 Å². The number of anilines is 1. The number of aromatic nitrogens is 5. The quantitative estimate of drug-likeness (QED) is 0.774. The Balaban J connectivity index is 1.93. The summed E-state index contributed by atoms with van der Waals surface area (Å²) in [6.45, 7) is 0. The lowest BCUT2D eigenvalue weighted by Crippen LogP contribution is -2.19.